The molecule has 3 heteroatoms. The fraction of sp³-hybridized carbons (Fsp3) is 0.333. The lowest BCUT2D eigenvalue weighted by Crippen LogP contribution is -2.46. The summed E-state index contributed by atoms with van der Waals surface area (Å²) in [5, 5.41) is 9.37. The van der Waals surface area contributed by atoms with Crippen molar-refractivity contribution in [2.24, 2.45) is 0 Å². The van der Waals surface area contributed by atoms with Crippen molar-refractivity contribution in [3.8, 4) is 0 Å². The zero-order valence-corrected chi connectivity index (χ0v) is 10.4. The molecule has 0 aromatic heterocycles. The maximum Gasteiger partial charge on any atom is 0.121 e. The minimum Gasteiger partial charge on any atom is -0.361 e. The van der Waals surface area contributed by atoms with Gasteiger partial charge >= 0.3 is 0 Å². The molecule has 1 saturated heterocycles. The van der Waals surface area contributed by atoms with E-state index in [9.17, 15) is 0 Å². The molecule has 2 aromatic carbocycles. The van der Waals surface area contributed by atoms with E-state index in [1.54, 1.807) is 0 Å². The van der Waals surface area contributed by atoms with Gasteiger partial charge in [0, 0.05) is 19.6 Å². The Morgan fingerprint density at radius 3 is 2.94 bits per heavy atom. The molecule has 0 aliphatic carbocycles. The fourth-order valence-electron chi connectivity index (χ4n) is 2.37. The quantitative estimate of drug-likeness (QED) is 0.862. The summed E-state index contributed by atoms with van der Waals surface area (Å²) in [6.45, 7) is 3.46. The summed E-state index contributed by atoms with van der Waals surface area (Å²) in [5.41, 5.74) is 1.32. The molecule has 1 atom stereocenters. The van der Waals surface area contributed by atoms with Crippen molar-refractivity contribution >= 4 is 10.8 Å². The SMILES string of the molecule is c1ccc2c(CNC3CNCCO3)cccc2c1. The number of rotatable bonds is 3. The van der Waals surface area contributed by atoms with Crippen LogP contribution in [-0.2, 0) is 11.3 Å². The lowest BCUT2D eigenvalue weighted by molar-refractivity contribution is 0.00588. The van der Waals surface area contributed by atoms with Crippen LogP contribution in [0.4, 0.5) is 0 Å². The first kappa shape index (κ1) is 11.7. The number of morpholine rings is 1. The molecule has 1 aliphatic heterocycles. The van der Waals surface area contributed by atoms with Gasteiger partial charge in [0.1, 0.15) is 6.23 Å². The van der Waals surface area contributed by atoms with Crippen molar-refractivity contribution in [1.82, 2.24) is 10.6 Å². The maximum atomic E-state index is 5.64. The zero-order chi connectivity index (χ0) is 12.2. The Labute approximate surface area is 107 Å². The molecule has 0 amide bonds. The van der Waals surface area contributed by atoms with E-state index in [-0.39, 0.29) is 6.23 Å². The van der Waals surface area contributed by atoms with Gasteiger partial charge in [0.05, 0.1) is 6.61 Å². The van der Waals surface area contributed by atoms with Gasteiger partial charge in [-0.05, 0) is 16.3 Å². The second kappa shape index (κ2) is 5.48. The van der Waals surface area contributed by atoms with Gasteiger partial charge < -0.3 is 10.1 Å². The number of ether oxygens (including phenoxy) is 1. The molecule has 1 unspecified atom stereocenters. The highest BCUT2D eigenvalue weighted by Gasteiger charge is 2.12. The van der Waals surface area contributed by atoms with E-state index in [0.29, 0.717) is 0 Å². The molecule has 0 bridgehead atoms. The largest absolute Gasteiger partial charge is 0.361 e. The summed E-state index contributed by atoms with van der Waals surface area (Å²) in [6.07, 6.45) is 0.123. The minimum absolute atomic E-state index is 0.123. The van der Waals surface area contributed by atoms with Gasteiger partial charge in [-0.25, -0.2) is 0 Å². The average Bonchev–Trinajstić information content (AvgIpc) is 2.46. The van der Waals surface area contributed by atoms with E-state index < -0.39 is 0 Å². The Morgan fingerprint density at radius 1 is 1.17 bits per heavy atom. The van der Waals surface area contributed by atoms with E-state index in [1.165, 1.54) is 16.3 Å². The molecule has 2 N–H and O–H groups in total. The smallest absolute Gasteiger partial charge is 0.121 e. The molecule has 18 heavy (non-hydrogen) atoms. The van der Waals surface area contributed by atoms with Gasteiger partial charge in [0.15, 0.2) is 0 Å². The zero-order valence-electron chi connectivity index (χ0n) is 10.4. The monoisotopic (exact) mass is 242 g/mol. The van der Waals surface area contributed by atoms with Gasteiger partial charge in [0.2, 0.25) is 0 Å². The van der Waals surface area contributed by atoms with Gasteiger partial charge in [-0.3, -0.25) is 5.32 Å². The maximum absolute atomic E-state index is 5.64. The molecule has 3 rings (SSSR count). The topological polar surface area (TPSA) is 33.3 Å². The van der Waals surface area contributed by atoms with E-state index in [1.807, 2.05) is 0 Å². The standard InChI is InChI=1S/C15H18N2O/c1-2-7-14-12(4-1)5-3-6-13(14)10-17-15-11-16-8-9-18-15/h1-7,15-17H,8-11H2. The summed E-state index contributed by atoms with van der Waals surface area (Å²) < 4.78 is 5.64. The van der Waals surface area contributed by atoms with Crippen LogP contribution in [0.5, 0.6) is 0 Å². The second-order valence-corrected chi connectivity index (χ2v) is 4.58. The van der Waals surface area contributed by atoms with E-state index in [2.05, 4.69) is 53.1 Å². The molecule has 0 radical (unpaired) electrons. The number of nitrogens with one attached hydrogen (secondary N) is 2. The van der Waals surface area contributed by atoms with Crippen LogP contribution < -0.4 is 10.6 Å². The van der Waals surface area contributed by atoms with Crippen molar-refractivity contribution in [1.29, 1.82) is 0 Å². The number of fused-ring (bicyclic) bond motifs is 1. The number of benzene rings is 2. The third-order valence-corrected chi connectivity index (χ3v) is 3.33. The summed E-state index contributed by atoms with van der Waals surface area (Å²) >= 11 is 0. The summed E-state index contributed by atoms with van der Waals surface area (Å²) in [7, 11) is 0. The van der Waals surface area contributed by atoms with Crippen LogP contribution in [0.3, 0.4) is 0 Å². The van der Waals surface area contributed by atoms with Crippen LogP contribution in [0.1, 0.15) is 5.56 Å². The van der Waals surface area contributed by atoms with E-state index >= 15 is 0 Å². The van der Waals surface area contributed by atoms with Crippen LogP contribution >= 0.6 is 0 Å². The predicted octanol–water partition coefficient (Wildman–Crippen LogP) is 1.88. The van der Waals surface area contributed by atoms with E-state index in [4.69, 9.17) is 4.74 Å². The van der Waals surface area contributed by atoms with Crippen LogP contribution in [-0.4, -0.2) is 25.9 Å². The molecule has 3 nitrogen and oxygen atoms in total. The van der Waals surface area contributed by atoms with Gasteiger partial charge in [-0.1, -0.05) is 42.5 Å². The van der Waals surface area contributed by atoms with Crippen molar-refractivity contribution in [2.45, 2.75) is 12.8 Å². The minimum atomic E-state index is 0.123. The fourth-order valence-corrected chi connectivity index (χ4v) is 2.37. The molecule has 1 aliphatic rings. The Morgan fingerprint density at radius 2 is 2.06 bits per heavy atom. The Kier molecular flexibility index (Phi) is 3.55. The highest BCUT2D eigenvalue weighted by atomic mass is 16.5. The van der Waals surface area contributed by atoms with Crippen molar-refractivity contribution in [3.63, 3.8) is 0 Å². The third-order valence-electron chi connectivity index (χ3n) is 3.33. The van der Waals surface area contributed by atoms with Gasteiger partial charge in [-0.2, -0.15) is 0 Å². The highest BCUT2D eigenvalue weighted by Crippen LogP contribution is 2.18. The van der Waals surface area contributed by atoms with Crippen molar-refractivity contribution in [3.05, 3.63) is 48.0 Å². The summed E-state index contributed by atoms with van der Waals surface area (Å²) in [5.74, 6) is 0. The average molecular weight is 242 g/mol. The molecule has 0 saturated carbocycles. The number of hydrogen-bond acceptors (Lipinski definition) is 3. The Bertz CT molecular complexity index is 515. The second-order valence-electron chi connectivity index (χ2n) is 4.58. The van der Waals surface area contributed by atoms with Crippen LogP contribution in [0.25, 0.3) is 10.8 Å². The molecule has 1 heterocycles. The van der Waals surface area contributed by atoms with Crippen LogP contribution in [0.2, 0.25) is 0 Å². The number of hydrogen-bond donors (Lipinski definition) is 2. The van der Waals surface area contributed by atoms with Crippen LogP contribution in [0, 0.1) is 0 Å². The first-order valence-electron chi connectivity index (χ1n) is 6.46. The van der Waals surface area contributed by atoms with Gasteiger partial charge in [0.25, 0.3) is 0 Å². The lowest BCUT2D eigenvalue weighted by atomic mass is 10.0. The Hall–Kier alpha value is -1.42. The predicted molar refractivity (Wildman–Crippen MR) is 73.4 cm³/mol. The van der Waals surface area contributed by atoms with Crippen molar-refractivity contribution < 1.29 is 4.74 Å². The molecule has 94 valence electrons. The van der Waals surface area contributed by atoms with Crippen LogP contribution in [0.15, 0.2) is 42.5 Å². The summed E-state index contributed by atoms with van der Waals surface area (Å²) in [4.78, 5) is 0. The first-order chi connectivity index (χ1) is 8.93. The van der Waals surface area contributed by atoms with E-state index in [0.717, 1.165) is 26.2 Å². The normalized spacial score (nSPS) is 20.1. The Balaban J connectivity index is 1.74. The molecule has 1 fully saturated rings. The summed E-state index contributed by atoms with van der Waals surface area (Å²) in [6, 6.07) is 14.9. The molecular formula is C15H18N2O. The molecular weight excluding hydrogens is 224 g/mol. The van der Waals surface area contributed by atoms with Gasteiger partial charge in [-0.15, -0.1) is 0 Å². The molecule has 2 aromatic rings. The highest BCUT2D eigenvalue weighted by molar-refractivity contribution is 5.85. The lowest BCUT2D eigenvalue weighted by Gasteiger charge is -2.24. The molecule has 0 spiro atoms. The first-order valence-corrected chi connectivity index (χ1v) is 6.46. The third kappa shape index (κ3) is 2.53. The van der Waals surface area contributed by atoms with Crippen molar-refractivity contribution in [2.75, 3.05) is 19.7 Å².